The van der Waals surface area contributed by atoms with E-state index < -0.39 is 0 Å². The van der Waals surface area contributed by atoms with Gasteiger partial charge in [-0.25, -0.2) is 0 Å². The molecule has 1 saturated carbocycles. The molecule has 0 aromatic carbocycles. The Morgan fingerprint density at radius 3 is 1.89 bits per heavy atom. The third-order valence-electron chi connectivity index (χ3n) is 5.25. The summed E-state index contributed by atoms with van der Waals surface area (Å²) >= 11 is 0. The van der Waals surface area contributed by atoms with E-state index >= 15 is 0 Å². The van der Waals surface area contributed by atoms with Crippen LogP contribution in [-0.2, 0) is 0 Å². The minimum Gasteiger partial charge on any atom is -0.0651 e. The lowest BCUT2D eigenvalue weighted by Crippen LogP contribution is -2.31. The van der Waals surface area contributed by atoms with Gasteiger partial charge in [0.15, 0.2) is 0 Å². The van der Waals surface area contributed by atoms with E-state index in [1.807, 2.05) is 0 Å². The molecule has 0 heterocycles. The molecule has 108 valence electrons. The predicted molar refractivity (Wildman–Crippen MR) is 82.7 cm³/mol. The van der Waals surface area contributed by atoms with Crippen LogP contribution in [0.3, 0.4) is 0 Å². The van der Waals surface area contributed by atoms with Crippen LogP contribution in [0.5, 0.6) is 0 Å². The average Bonchev–Trinajstić information content (AvgIpc) is 2.76. The van der Waals surface area contributed by atoms with Crippen molar-refractivity contribution in [1.82, 2.24) is 0 Å². The molecule has 1 rings (SSSR count). The van der Waals surface area contributed by atoms with Gasteiger partial charge in [0.25, 0.3) is 0 Å². The van der Waals surface area contributed by atoms with Gasteiger partial charge in [0.05, 0.1) is 0 Å². The van der Waals surface area contributed by atoms with Gasteiger partial charge in [-0.05, 0) is 41.9 Å². The fourth-order valence-electron chi connectivity index (χ4n) is 4.70. The molecule has 0 aromatic heterocycles. The molecule has 3 atom stereocenters. The van der Waals surface area contributed by atoms with E-state index in [4.69, 9.17) is 0 Å². The number of hydrogen-bond acceptors (Lipinski definition) is 0. The lowest BCUT2D eigenvalue weighted by Gasteiger charge is -2.38. The molecule has 0 N–H and O–H groups in total. The lowest BCUT2D eigenvalue weighted by molar-refractivity contribution is 0.106. The standard InChI is InChI=1S/C18H36/c1-7-17(15(6)12-13(2)3)18(14(4)5)16-10-8-9-11-16/h13-18H,7-12H2,1-6H3. The van der Waals surface area contributed by atoms with E-state index in [0.29, 0.717) is 0 Å². The van der Waals surface area contributed by atoms with Crippen LogP contribution in [0.25, 0.3) is 0 Å². The van der Waals surface area contributed by atoms with Crippen molar-refractivity contribution < 1.29 is 0 Å². The summed E-state index contributed by atoms with van der Waals surface area (Å²) < 4.78 is 0. The molecule has 0 aromatic rings. The van der Waals surface area contributed by atoms with Crippen molar-refractivity contribution in [2.75, 3.05) is 0 Å². The Morgan fingerprint density at radius 2 is 1.50 bits per heavy atom. The molecule has 0 saturated heterocycles. The third-order valence-corrected chi connectivity index (χ3v) is 5.25. The highest BCUT2D eigenvalue weighted by Crippen LogP contribution is 2.44. The second-order valence-electron chi connectivity index (χ2n) is 7.54. The van der Waals surface area contributed by atoms with Crippen LogP contribution >= 0.6 is 0 Å². The third kappa shape index (κ3) is 4.28. The molecule has 1 aliphatic rings. The summed E-state index contributed by atoms with van der Waals surface area (Å²) in [5.41, 5.74) is 0. The molecule has 0 nitrogen and oxygen atoms in total. The molecule has 0 aliphatic heterocycles. The molecular weight excluding hydrogens is 216 g/mol. The van der Waals surface area contributed by atoms with Crippen molar-refractivity contribution >= 4 is 0 Å². The maximum atomic E-state index is 2.51. The first-order valence-electron chi connectivity index (χ1n) is 8.47. The fourth-order valence-corrected chi connectivity index (χ4v) is 4.70. The van der Waals surface area contributed by atoms with Gasteiger partial charge in [0.1, 0.15) is 0 Å². The quantitative estimate of drug-likeness (QED) is 0.509. The molecule has 0 spiro atoms. The summed E-state index contributed by atoms with van der Waals surface area (Å²) in [5, 5.41) is 0. The Hall–Kier alpha value is 0. The maximum Gasteiger partial charge on any atom is -0.0332 e. The number of hydrogen-bond donors (Lipinski definition) is 0. The van der Waals surface area contributed by atoms with E-state index in [1.165, 1.54) is 38.5 Å². The summed E-state index contributed by atoms with van der Waals surface area (Å²) in [7, 11) is 0. The Labute approximate surface area is 116 Å². The van der Waals surface area contributed by atoms with Gasteiger partial charge in [0.2, 0.25) is 0 Å². The summed E-state index contributed by atoms with van der Waals surface area (Å²) in [6.45, 7) is 14.6. The van der Waals surface area contributed by atoms with Gasteiger partial charge in [-0.2, -0.15) is 0 Å². The van der Waals surface area contributed by atoms with Crippen molar-refractivity contribution in [1.29, 1.82) is 0 Å². The SMILES string of the molecule is CCC(C(C)CC(C)C)C(C(C)C)C1CCCC1. The topological polar surface area (TPSA) is 0 Å². The van der Waals surface area contributed by atoms with Gasteiger partial charge in [0, 0.05) is 0 Å². The van der Waals surface area contributed by atoms with Gasteiger partial charge < -0.3 is 0 Å². The van der Waals surface area contributed by atoms with Crippen molar-refractivity contribution in [3.63, 3.8) is 0 Å². The van der Waals surface area contributed by atoms with Crippen LogP contribution in [0, 0.1) is 35.5 Å². The fraction of sp³-hybridized carbons (Fsp3) is 1.00. The Kier molecular flexibility index (Phi) is 6.74. The smallest absolute Gasteiger partial charge is 0.0332 e. The van der Waals surface area contributed by atoms with E-state index in [-0.39, 0.29) is 0 Å². The minimum atomic E-state index is 0.852. The molecule has 0 heteroatoms. The second-order valence-corrected chi connectivity index (χ2v) is 7.54. The maximum absolute atomic E-state index is 2.51. The van der Waals surface area contributed by atoms with E-state index in [2.05, 4.69) is 41.5 Å². The summed E-state index contributed by atoms with van der Waals surface area (Å²) in [6, 6.07) is 0. The van der Waals surface area contributed by atoms with Gasteiger partial charge >= 0.3 is 0 Å². The summed E-state index contributed by atoms with van der Waals surface area (Å²) in [5.74, 6) is 5.59. The molecule has 1 aliphatic carbocycles. The van der Waals surface area contributed by atoms with E-state index in [1.54, 1.807) is 0 Å². The van der Waals surface area contributed by atoms with E-state index in [9.17, 15) is 0 Å². The Morgan fingerprint density at radius 1 is 0.944 bits per heavy atom. The first-order chi connectivity index (χ1) is 8.47. The molecule has 18 heavy (non-hydrogen) atoms. The highest BCUT2D eigenvalue weighted by molar-refractivity contribution is 4.84. The molecular formula is C18H36. The van der Waals surface area contributed by atoms with Crippen molar-refractivity contribution in [2.45, 2.75) is 80.1 Å². The summed E-state index contributed by atoms with van der Waals surface area (Å²) in [6.07, 6.45) is 8.79. The van der Waals surface area contributed by atoms with E-state index in [0.717, 1.165) is 35.5 Å². The van der Waals surface area contributed by atoms with Gasteiger partial charge in [-0.1, -0.05) is 73.6 Å². The van der Waals surface area contributed by atoms with Crippen molar-refractivity contribution in [3.05, 3.63) is 0 Å². The largest absolute Gasteiger partial charge is 0.0651 e. The molecule has 0 amide bonds. The van der Waals surface area contributed by atoms with Crippen LogP contribution in [0.1, 0.15) is 80.1 Å². The van der Waals surface area contributed by atoms with Crippen LogP contribution in [-0.4, -0.2) is 0 Å². The number of rotatable bonds is 7. The molecule has 3 unspecified atom stereocenters. The summed E-state index contributed by atoms with van der Waals surface area (Å²) in [4.78, 5) is 0. The predicted octanol–water partition coefficient (Wildman–Crippen LogP) is 6.16. The Balaban J connectivity index is 2.73. The Bertz CT molecular complexity index is 210. The highest BCUT2D eigenvalue weighted by Gasteiger charge is 2.35. The molecule has 0 bridgehead atoms. The van der Waals surface area contributed by atoms with Crippen molar-refractivity contribution in [3.8, 4) is 0 Å². The first kappa shape index (κ1) is 16.1. The van der Waals surface area contributed by atoms with Gasteiger partial charge in [-0.15, -0.1) is 0 Å². The van der Waals surface area contributed by atoms with Crippen molar-refractivity contribution in [2.24, 2.45) is 35.5 Å². The van der Waals surface area contributed by atoms with Crippen LogP contribution in [0.15, 0.2) is 0 Å². The normalized spacial score (nSPS) is 22.7. The zero-order chi connectivity index (χ0) is 13.7. The zero-order valence-corrected chi connectivity index (χ0v) is 13.7. The minimum absolute atomic E-state index is 0.852. The monoisotopic (exact) mass is 252 g/mol. The highest BCUT2D eigenvalue weighted by atomic mass is 14.4. The first-order valence-corrected chi connectivity index (χ1v) is 8.47. The zero-order valence-electron chi connectivity index (χ0n) is 13.7. The lowest BCUT2D eigenvalue weighted by atomic mass is 9.67. The van der Waals surface area contributed by atoms with Crippen LogP contribution in [0.4, 0.5) is 0 Å². The van der Waals surface area contributed by atoms with Gasteiger partial charge in [-0.3, -0.25) is 0 Å². The van der Waals surface area contributed by atoms with Crippen LogP contribution in [0.2, 0.25) is 0 Å². The molecule has 0 radical (unpaired) electrons. The molecule has 1 fully saturated rings. The average molecular weight is 252 g/mol. The van der Waals surface area contributed by atoms with Crippen LogP contribution < -0.4 is 0 Å². The second kappa shape index (κ2) is 7.56.